The number of alkyl halides is 1. The summed E-state index contributed by atoms with van der Waals surface area (Å²) in [6.07, 6.45) is -0.995. The lowest BCUT2D eigenvalue weighted by atomic mass is 10.2. The molecule has 0 radical (unpaired) electrons. The number of carbonyl (C=O) groups excluding carboxylic acids is 1. The maximum Gasteiger partial charge on any atom is 0.226 e. The lowest BCUT2D eigenvalue weighted by Crippen LogP contribution is -2.35. The summed E-state index contributed by atoms with van der Waals surface area (Å²) in [7, 11) is 0. The average molecular weight is 145 g/mol. The zero-order chi connectivity index (χ0) is 7.30. The normalized spacial score (nSPS) is 50.4. The van der Waals surface area contributed by atoms with Gasteiger partial charge in [0.25, 0.3) is 0 Å². The van der Waals surface area contributed by atoms with Gasteiger partial charge in [0.15, 0.2) is 0 Å². The van der Waals surface area contributed by atoms with Crippen LogP contribution < -0.4 is 5.32 Å². The lowest BCUT2D eigenvalue weighted by molar-refractivity contribution is -0.121. The molecule has 1 aliphatic carbocycles. The van der Waals surface area contributed by atoms with E-state index in [-0.39, 0.29) is 24.5 Å². The minimum absolute atomic E-state index is 0.146. The molecule has 2 aliphatic rings. The van der Waals surface area contributed by atoms with E-state index >= 15 is 0 Å². The first-order chi connectivity index (χ1) is 4.75. The molecule has 2 fully saturated rings. The van der Waals surface area contributed by atoms with Gasteiger partial charge in [-0.2, -0.15) is 0 Å². The van der Waals surface area contributed by atoms with Gasteiger partial charge in [0.1, 0.15) is 6.17 Å². The minimum Gasteiger partial charge on any atom is -0.394 e. The van der Waals surface area contributed by atoms with E-state index in [2.05, 4.69) is 5.32 Å². The first kappa shape index (κ1) is 6.09. The van der Waals surface area contributed by atoms with Crippen molar-refractivity contribution in [2.24, 2.45) is 11.8 Å². The van der Waals surface area contributed by atoms with Crippen molar-refractivity contribution in [1.82, 2.24) is 5.32 Å². The number of carbonyl (C=O) groups is 1. The van der Waals surface area contributed by atoms with Crippen LogP contribution in [0.3, 0.4) is 0 Å². The number of hydrogen-bond acceptors (Lipinski definition) is 2. The van der Waals surface area contributed by atoms with Gasteiger partial charge in [0.05, 0.1) is 18.6 Å². The number of aliphatic hydroxyl groups is 1. The molecule has 0 aromatic heterocycles. The topological polar surface area (TPSA) is 49.3 Å². The number of rotatable bonds is 1. The Hall–Kier alpha value is -0.640. The molecule has 0 spiro atoms. The first-order valence-corrected chi connectivity index (χ1v) is 3.31. The zero-order valence-corrected chi connectivity index (χ0v) is 5.25. The van der Waals surface area contributed by atoms with Crippen LogP contribution in [0.1, 0.15) is 0 Å². The van der Waals surface area contributed by atoms with E-state index in [0.717, 1.165) is 0 Å². The molecule has 10 heavy (non-hydrogen) atoms. The Morgan fingerprint density at radius 1 is 1.70 bits per heavy atom. The second-order valence-corrected chi connectivity index (χ2v) is 2.85. The number of halogens is 1. The highest BCUT2D eigenvalue weighted by Gasteiger charge is 2.64. The van der Waals surface area contributed by atoms with Crippen molar-refractivity contribution >= 4 is 5.91 Å². The van der Waals surface area contributed by atoms with E-state index in [9.17, 15) is 9.18 Å². The van der Waals surface area contributed by atoms with Crippen molar-refractivity contribution in [3.63, 3.8) is 0 Å². The largest absolute Gasteiger partial charge is 0.394 e. The smallest absolute Gasteiger partial charge is 0.226 e. The molecule has 0 aromatic carbocycles. The van der Waals surface area contributed by atoms with Crippen molar-refractivity contribution < 1.29 is 14.3 Å². The molecule has 1 amide bonds. The van der Waals surface area contributed by atoms with Crippen LogP contribution in [-0.4, -0.2) is 29.8 Å². The molecule has 56 valence electrons. The van der Waals surface area contributed by atoms with Gasteiger partial charge in [0, 0.05) is 5.92 Å². The van der Waals surface area contributed by atoms with Crippen LogP contribution >= 0.6 is 0 Å². The molecule has 1 heterocycles. The molecule has 1 saturated heterocycles. The van der Waals surface area contributed by atoms with Crippen molar-refractivity contribution in [3.05, 3.63) is 0 Å². The quantitative estimate of drug-likeness (QED) is 0.500. The third-order valence-electron chi connectivity index (χ3n) is 2.28. The van der Waals surface area contributed by atoms with Crippen molar-refractivity contribution in [2.45, 2.75) is 12.2 Å². The second kappa shape index (κ2) is 1.69. The Labute approximate surface area is 57.2 Å². The summed E-state index contributed by atoms with van der Waals surface area (Å²) in [6, 6.07) is -0.326. The molecule has 3 nitrogen and oxygen atoms in total. The van der Waals surface area contributed by atoms with Gasteiger partial charge in [-0.1, -0.05) is 0 Å². The number of amides is 1. The Morgan fingerprint density at radius 3 is 2.70 bits per heavy atom. The maximum absolute atomic E-state index is 12.5. The molecular weight excluding hydrogens is 137 g/mol. The number of hydrogen-bond donors (Lipinski definition) is 2. The van der Waals surface area contributed by atoms with Gasteiger partial charge in [-0.15, -0.1) is 0 Å². The molecule has 2 rings (SSSR count). The van der Waals surface area contributed by atoms with Crippen LogP contribution in [0.2, 0.25) is 0 Å². The zero-order valence-electron chi connectivity index (χ0n) is 5.25. The Kier molecular flexibility index (Phi) is 1.03. The minimum atomic E-state index is -0.995. The van der Waals surface area contributed by atoms with E-state index in [0.29, 0.717) is 0 Å². The lowest BCUT2D eigenvalue weighted by Gasteiger charge is -2.08. The predicted octanol–water partition coefficient (Wildman–Crippen LogP) is -0.939. The molecule has 2 N–H and O–H groups in total. The van der Waals surface area contributed by atoms with Gasteiger partial charge in [-0.25, -0.2) is 4.39 Å². The van der Waals surface area contributed by atoms with Crippen LogP contribution in [0.15, 0.2) is 0 Å². The molecular formula is C6H8FNO2. The van der Waals surface area contributed by atoms with Crippen LogP contribution in [0.5, 0.6) is 0 Å². The SMILES string of the molecule is O=C1N[C@H](CO)[C@H]2[C@H](F)[C@@H]12. The van der Waals surface area contributed by atoms with Crippen LogP contribution in [0, 0.1) is 11.8 Å². The highest BCUT2D eigenvalue weighted by molar-refractivity contribution is 5.86. The fourth-order valence-electron chi connectivity index (χ4n) is 1.63. The fraction of sp³-hybridized carbons (Fsp3) is 0.833. The Morgan fingerprint density at radius 2 is 2.40 bits per heavy atom. The van der Waals surface area contributed by atoms with Gasteiger partial charge in [0.2, 0.25) is 5.91 Å². The predicted molar refractivity (Wildman–Crippen MR) is 30.9 cm³/mol. The van der Waals surface area contributed by atoms with Gasteiger partial charge in [-0.05, 0) is 0 Å². The summed E-state index contributed by atoms with van der Waals surface area (Å²) in [5.74, 6) is -0.925. The molecule has 0 aromatic rings. The maximum atomic E-state index is 12.5. The monoisotopic (exact) mass is 145 g/mol. The number of nitrogens with one attached hydrogen (secondary N) is 1. The molecule has 4 atom stereocenters. The molecule has 1 saturated carbocycles. The van der Waals surface area contributed by atoms with Crippen LogP contribution in [0.25, 0.3) is 0 Å². The van der Waals surface area contributed by atoms with E-state index in [1.54, 1.807) is 0 Å². The van der Waals surface area contributed by atoms with E-state index < -0.39 is 12.1 Å². The number of aliphatic hydroxyl groups excluding tert-OH is 1. The van der Waals surface area contributed by atoms with E-state index in [1.807, 2.05) is 0 Å². The molecule has 4 heteroatoms. The summed E-state index contributed by atoms with van der Waals surface area (Å²) >= 11 is 0. The van der Waals surface area contributed by atoms with Gasteiger partial charge >= 0.3 is 0 Å². The summed E-state index contributed by atoms with van der Waals surface area (Å²) in [4.78, 5) is 10.7. The van der Waals surface area contributed by atoms with E-state index in [1.165, 1.54) is 0 Å². The highest BCUT2D eigenvalue weighted by Crippen LogP contribution is 2.48. The Bertz CT molecular complexity index is 185. The Balaban J connectivity index is 2.11. The van der Waals surface area contributed by atoms with Crippen molar-refractivity contribution in [1.29, 1.82) is 0 Å². The standard InChI is InChI=1S/C6H8FNO2/c7-5-3-2(1-9)8-6(10)4(3)5/h2-5,9H,1H2,(H,8,10)/t2-,3-,4+,5+/m1/s1. The molecule has 1 aliphatic heterocycles. The van der Waals surface area contributed by atoms with Crippen LogP contribution in [-0.2, 0) is 4.79 Å². The second-order valence-electron chi connectivity index (χ2n) is 2.85. The highest BCUT2D eigenvalue weighted by atomic mass is 19.1. The fourth-order valence-corrected chi connectivity index (χ4v) is 1.63. The molecule has 0 bridgehead atoms. The third-order valence-corrected chi connectivity index (χ3v) is 2.28. The van der Waals surface area contributed by atoms with Crippen LogP contribution in [0.4, 0.5) is 4.39 Å². The van der Waals surface area contributed by atoms with Crippen molar-refractivity contribution in [2.75, 3.05) is 6.61 Å². The third kappa shape index (κ3) is 0.546. The molecule has 0 unspecified atom stereocenters. The average Bonchev–Trinajstić information content (AvgIpc) is 2.40. The number of piperidine rings is 1. The summed E-state index contributed by atoms with van der Waals surface area (Å²) in [5, 5.41) is 11.1. The first-order valence-electron chi connectivity index (χ1n) is 3.31. The van der Waals surface area contributed by atoms with Gasteiger partial charge in [-0.3, -0.25) is 4.79 Å². The summed E-state index contributed by atoms with van der Waals surface area (Å²) in [5.41, 5.74) is 0. The van der Waals surface area contributed by atoms with Gasteiger partial charge < -0.3 is 10.4 Å². The van der Waals surface area contributed by atoms with E-state index in [4.69, 9.17) is 5.11 Å². The van der Waals surface area contributed by atoms with Crippen molar-refractivity contribution in [3.8, 4) is 0 Å². The summed E-state index contributed by atoms with van der Waals surface area (Å²) < 4.78 is 12.5. The summed E-state index contributed by atoms with van der Waals surface area (Å²) in [6.45, 7) is -0.146. The number of fused-ring (bicyclic) bond motifs is 1.